The number of nitrogens with zero attached hydrogens (tertiary/aromatic N) is 2. The molecule has 4 nitrogen and oxygen atoms in total. The summed E-state index contributed by atoms with van der Waals surface area (Å²) >= 11 is 6.28. The fraction of sp³-hybridized carbons (Fsp3) is 0.533. The maximum Gasteiger partial charge on any atom is 0.127 e. The molecular weight excluding hydrogens is 276 g/mol. The molecule has 1 aliphatic rings. The van der Waals surface area contributed by atoms with Crippen LogP contribution in [0.25, 0.3) is 11.0 Å². The second kappa shape index (κ2) is 5.62. The molecule has 2 aromatic rings. The molecule has 0 saturated carbocycles. The third kappa shape index (κ3) is 2.50. The van der Waals surface area contributed by atoms with Crippen molar-refractivity contribution in [1.29, 1.82) is 0 Å². The highest BCUT2D eigenvalue weighted by Gasteiger charge is 2.21. The van der Waals surface area contributed by atoms with Gasteiger partial charge in [-0.25, -0.2) is 4.98 Å². The minimum absolute atomic E-state index is 0.130. The lowest BCUT2D eigenvalue weighted by Crippen LogP contribution is -2.17. The highest BCUT2D eigenvalue weighted by atomic mass is 35.5. The summed E-state index contributed by atoms with van der Waals surface area (Å²) in [7, 11) is 1.67. The molecular formula is C15H19ClN2O2. The molecule has 20 heavy (non-hydrogen) atoms. The zero-order valence-electron chi connectivity index (χ0n) is 11.8. The first kappa shape index (κ1) is 13.7. The molecule has 0 spiro atoms. The van der Waals surface area contributed by atoms with Crippen molar-refractivity contribution >= 4 is 22.6 Å². The van der Waals surface area contributed by atoms with Gasteiger partial charge < -0.3 is 14.0 Å². The first-order valence-electron chi connectivity index (χ1n) is 6.99. The monoisotopic (exact) mass is 294 g/mol. The van der Waals surface area contributed by atoms with Gasteiger partial charge in [-0.1, -0.05) is 0 Å². The molecule has 0 aliphatic carbocycles. The van der Waals surface area contributed by atoms with Gasteiger partial charge in [0.1, 0.15) is 11.6 Å². The van der Waals surface area contributed by atoms with E-state index in [1.807, 2.05) is 25.1 Å². The Labute approximate surface area is 123 Å². The van der Waals surface area contributed by atoms with Crippen molar-refractivity contribution in [1.82, 2.24) is 9.55 Å². The van der Waals surface area contributed by atoms with Crippen LogP contribution in [0.15, 0.2) is 18.2 Å². The lowest BCUT2D eigenvalue weighted by atomic mass is 10.2. The number of imidazole rings is 1. The number of aromatic nitrogens is 2. The third-order valence-corrected chi connectivity index (χ3v) is 3.95. The Balaban J connectivity index is 2.06. The Kier molecular flexibility index (Phi) is 3.85. The Hall–Kier alpha value is -1.26. The number of alkyl halides is 1. The lowest BCUT2D eigenvalue weighted by Gasteiger charge is -2.15. The van der Waals surface area contributed by atoms with Gasteiger partial charge in [0, 0.05) is 12.7 Å². The van der Waals surface area contributed by atoms with Crippen molar-refractivity contribution in [2.75, 3.05) is 13.7 Å². The summed E-state index contributed by atoms with van der Waals surface area (Å²) in [6.07, 6.45) is 2.49. The second-order valence-electron chi connectivity index (χ2n) is 5.19. The van der Waals surface area contributed by atoms with Crippen molar-refractivity contribution < 1.29 is 9.47 Å². The smallest absolute Gasteiger partial charge is 0.127 e. The van der Waals surface area contributed by atoms with Gasteiger partial charge in [0.05, 0.1) is 36.2 Å². The van der Waals surface area contributed by atoms with Crippen molar-refractivity contribution in [3.63, 3.8) is 0 Å². The predicted octanol–water partition coefficient (Wildman–Crippen LogP) is 3.52. The van der Waals surface area contributed by atoms with Gasteiger partial charge in [-0.2, -0.15) is 0 Å². The Morgan fingerprint density at radius 1 is 1.55 bits per heavy atom. The molecule has 1 fully saturated rings. The SMILES string of the molecule is COc1ccc2nc(C(C)Cl)n(CC3CCCO3)c2c1. The van der Waals surface area contributed by atoms with E-state index in [0.29, 0.717) is 0 Å². The van der Waals surface area contributed by atoms with E-state index >= 15 is 0 Å². The van der Waals surface area contributed by atoms with E-state index in [-0.39, 0.29) is 11.5 Å². The summed E-state index contributed by atoms with van der Waals surface area (Å²) in [5, 5.41) is -0.130. The number of halogens is 1. The van der Waals surface area contributed by atoms with Crippen molar-refractivity contribution in [3.8, 4) is 5.75 Å². The third-order valence-electron chi connectivity index (χ3n) is 3.75. The molecule has 3 rings (SSSR count). The number of hydrogen-bond donors (Lipinski definition) is 0. The predicted molar refractivity (Wildman–Crippen MR) is 79.5 cm³/mol. The van der Waals surface area contributed by atoms with Crippen LogP contribution in [0.4, 0.5) is 0 Å². The largest absolute Gasteiger partial charge is 0.497 e. The summed E-state index contributed by atoms with van der Waals surface area (Å²) in [6.45, 7) is 3.61. The van der Waals surface area contributed by atoms with Crippen molar-refractivity contribution in [3.05, 3.63) is 24.0 Å². The molecule has 2 atom stereocenters. The quantitative estimate of drug-likeness (QED) is 0.810. The molecule has 1 aromatic carbocycles. The van der Waals surface area contributed by atoms with E-state index in [1.54, 1.807) is 7.11 Å². The summed E-state index contributed by atoms with van der Waals surface area (Å²) < 4.78 is 13.2. The lowest BCUT2D eigenvalue weighted by molar-refractivity contribution is 0.0972. The second-order valence-corrected chi connectivity index (χ2v) is 5.84. The van der Waals surface area contributed by atoms with Gasteiger partial charge in [-0.05, 0) is 31.9 Å². The molecule has 0 amide bonds. The Bertz CT molecular complexity index is 603. The standard InChI is InChI=1S/C15H19ClN2O2/c1-10(16)15-17-13-6-5-11(19-2)8-14(13)18(15)9-12-4-3-7-20-12/h5-6,8,10,12H,3-4,7,9H2,1-2H3. The fourth-order valence-corrected chi connectivity index (χ4v) is 2.90. The highest BCUT2D eigenvalue weighted by molar-refractivity contribution is 6.20. The fourth-order valence-electron chi connectivity index (χ4n) is 2.74. The minimum atomic E-state index is -0.130. The summed E-state index contributed by atoms with van der Waals surface area (Å²) in [5.41, 5.74) is 2.01. The minimum Gasteiger partial charge on any atom is -0.497 e. The molecule has 108 valence electrons. The van der Waals surface area contributed by atoms with Crippen LogP contribution in [0.5, 0.6) is 5.75 Å². The van der Waals surface area contributed by atoms with E-state index in [4.69, 9.17) is 21.1 Å². The van der Waals surface area contributed by atoms with E-state index in [1.165, 1.54) is 0 Å². The van der Waals surface area contributed by atoms with Crippen molar-refractivity contribution in [2.24, 2.45) is 0 Å². The van der Waals surface area contributed by atoms with Gasteiger partial charge in [0.25, 0.3) is 0 Å². The highest BCUT2D eigenvalue weighted by Crippen LogP contribution is 2.28. The molecule has 2 unspecified atom stereocenters. The molecule has 1 aliphatic heterocycles. The van der Waals surface area contributed by atoms with Crippen LogP contribution >= 0.6 is 11.6 Å². The molecule has 0 radical (unpaired) electrons. The van der Waals surface area contributed by atoms with Gasteiger partial charge >= 0.3 is 0 Å². The first-order chi connectivity index (χ1) is 9.69. The number of rotatable bonds is 4. The van der Waals surface area contributed by atoms with Crippen LogP contribution in [0.2, 0.25) is 0 Å². The normalized spacial score (nSPS) is 20.4. The van der Waals surface area contributed by atoms with E-state index in [0.717, 1.165) is 48.6 Å². The van der Waals surface area contributed by atoms with Crippen LogP contribution in [0, 0.1) is 0 Å². The average Bonchev–Trinajstić information content (AvgIpc) is 3.07. The van der Waals surface area contributed by atoms with Gasteiger partial charge in [0.2, 0.25) is 0 Å². The van der Waals surface area contributed by atoms with Gasteiger partial charge in [0.15, 0.2) is 0 Å². The van der Waals surface area contributed by atoms with Crippen LogP contribution in [0.1, 0.15) is 31.0 Å². The number of fused-ring (bicyclic) bond motifs is 1. The van der Waals surface area contributed by atoms with Crippen LogP contribution < -0.4 is 4.74 Å². The number of ether oxygens (including phenoxy) is 2. The Morgan fingerprint density at radius 3 is 3.05 bits per heavy atom. The number of methoxy groups -OCH3 is 1. The maximum absolute atomic E-state index is 6.28. The molecule has 1 aromatic heterocycles. The molecule has 0 N–H and O–H groups in total. The van der Waals surface area contributed by atoms with Gasteiger partial charge in [-0.15, -0.1) is 11.6 Å². The number of hydrogen-bond acceptors (Lipinski definition) is 3. The maximum atomic E-state index is 6.28. The summed E-state index contributed by atoms with van der Waals surface area (Å²) in [6, 6.07) is 5.91. The molecule has 0 bridgehead atoms. The zero-order chi connectivity index (χ0) is 14.1. The van der Waals surface area contributed by atoms with Crippen LogP contribution in [-0.4, -0.2) is 29.4 Å². The van der Waals surface area contributed by atoms with E-state index in [2.05, 4.69) is 9.55 Å². The van der Waals surface area contributed by atoms with Crippen molar-refractivity contribution in [2.45, 2.75) is 37.8 Å². The molecule has 2 heterocycles. The molecule has 1 saturated heterocycles. The van der Waals surface area contributed by atoms with E-state index in [9.17, 15) is 0 Å². The van der Waals surface area contributed by atoms with E-state index < -0.39 is 0 Å². The zero-order valence-corrected chi connectivity index (χ0v) is 12.6. The summed E-state index contributed by atoms with van der Waals surface area (Å²) in [4.78, 5) is 4.65. The number of benzene rings is 1. The summed E-state index contributed by atoms with van der Waals surface area (Å²) in [5.74, 6) is 1.73. The molecule has 5 heteroatoms. The average molecular weight is 295 g/mol. The van der Waals surface area contributed by atoms with Gasteiger partial charge in [-0.3, -0.25) is 0 Å². The van der Waals surface area contributed by atoms with Crippen LogP contribution in [-0.2, 0) is 11.3 Å². The first-order valence-corrected chi connectivity index (χ1v) is 7.42. The topological polar surface area (TPSA) is 36.3 Å². The van der Waals surface area contributed by atoms with Crippen LogP contribution in [0.3, 0.4) is 0 Å². The Morgan fingerprint density at radius 2 is 2.40 bits per heavy atom.